The van der Waals surface area contributed by atoms with Crippen molar-refractivity contribution in [1.29, 1.82) is 0 Å². The molecule has 0 saturated carbocycles. The zero-order valence-corrected chi connectivity index (χ0v) is 20.5. The average molecular weight is 463 g/mol. The molecule has 0 saturated heterocycles. The summed E-state index contributed by atoms with van der Waals surface area (Å²) >= 11 is 12.8. The van der Waals surface area contributed by atoms with Crippen molar-refractivity contribution in [2.24, 2.45) is 0 Å². The molecule has 0 aromatic heterocycles. The van der Waals surface area contributed by atoms with Crippen molar-refractivity contribution in [2.75, 3.05) is 0 Å². The number of amides is 2. The van der Waals surface area contributed by atoms with E-state index < -0.39 is 11.6 Å². The molecule has 0 aliphatic heterocycles. The predicted octanol–water partition coefficient (Wildman–Crippen LogP) is 5.96. The second-order valence-electron chi connectivity index (χ2n) is 8.87. The third kappa shape index (κ3) is 7.55. The molecule has 31 heavy (non-hydrogen) atoms. The van der Waals surface area contributed by atoms with Crippen LogP contribution in [0.1, 0.15) is 57.2 Å². The van der Waals surface area contributed by atoms with Crippen LogP contribution in [0.2, 0.25) is 10.0 Å². The molecule has 0 fully saturated rings. The first kappa shape index (κ1) is 25.2. The van der Waals surface area contributed by atoms with Gasteiger partial charge in [-0.25, -0.2) is 0 Å². The molecule has 0 radical (unpaired) electrons. The molecule has 0 aliphatic carbocycles. The summed E-state index contributed by atoms with van der Waals surface area (Å²) in [5.41, 5.74) is 2.51. The van der Waals surface area contributed by atoms with Crippen LogP contribution in [0, 0.1) is 6.92 Å². The van der Waals surface area contributed by atoms with Crippen molar-refractivity contribution in [2.45, 2.75) is 72.0 Å². The average Bonchev–Trinajstić information content (AvgIpc) is 2.68. The van der Waals surface area contributed by atoms with Crippen LogP contribution in [0.4, 0.5) is 0 Å². The quantitative estimate of drug-likeness (QED) is 0.526. The number of aryl methyl sites for hydroxylation is 2. The highest BCUT2D eigenvalue weighted by molar-refractivity contribution is 6.36. The molecule has 2 aromatic rings. The summed E-state index contributed by atoms with van der Waals surface area (Å²) in [6.45, 7) is 9.89. The van der Waals surface area contributed by atoms with Gasteiger partial charge in [-0.15, -0.1) is 0 Å². The minimum Gasteiger partial charge on any atom is -0.350 e. The summed E-state index contributed by atoms with van der Waals surface area (Å²) in [6, 6.07) is 12.8. The van der Waals surface area contributed by atoms with Gasteiger partial charge in [0.2, 0.25) is 11.8 Å². The van der Waals surface area contributed by atoms with Crippen LogP contribution < -0.4 is 5.32 Å². The molecule has 0 bridgehead atoms. The lowest BCUT2D eigenvalue weighted by atomic mass is 10.0. The van der Waals surface area contributed by atoms with Crippen molar-refractivity contribution in [3.63, 3.8) is 0 Å². The lowest BCUT2D eigenvalue weighted by molar-refractivity contribution is -0.142. The van der Waals surface area contributed by atoms with Gasteiger partial charge in [0.25, 0.3) is 0 Å². The van der Waals surface area contributed by atoms with E-state index in [4.69, 9.17) is 23.2 Å². The molecule has 0 aliphatic rings. The number of halogens is 2. The highest BCUT2D eigenvalue weighted by Gasteiger charge is 2.31. The highest BCUT2D eigenvalue weighted by atomic mass is 35.5. The Balaban J connectivity index is 2.29. The second kappa shape index (κ2) is 11.0. The topological polar surface area (TPSA) is 49.4 Å². The zero-order chi connectivity index (χ0) is 23.2. The maximum atomic E-state index is 13.3. The van der Waals surface area contributed by atoms with Crippen LogP contribution in [0.3, 0.4) is 0 Å². The van der Waals surface area contributed by atoms with Gasteiger partial charge in [0, 0.05) is 34.1 Å². The van der Waals surface area contributed by atoms with Gasteiger partial charge in [-0.3, -0.25) is 9.59 Å². The number of carbonyl (C=O) groups excluding carboxylic acids is 2. The summed E-state index contributed by atoms with van der Waals surface area (Å²) in [7, 11) is 0. The lowest BCUT2D eigenvalue weighted by Gasteiger charge is -2.33. The summed E-state index contributed by atoms with van der Waals surface area (Å²) < 4.78 is 0. The van der Waals surface area contributed by atoms with E-state index in [1.807, 2.05) is 58.9 Å². The molecule has 6 heteroatoms. The maximum absolute atomic E-state index is 13.3. The molecule has 168 valence electrons. The van der Waals surface area contributed by atoms with Crippen molar-refractivity contribution in [3.8, 4) is 0 Å². The molecular formula is C25H32Cl2N2O2. The lowest BCUT2D eigenvalue weighted by Crippen LogP contribution is -2.53. The van der Waals surface area contributed by atoms with Gasteiger partial charge in [-0.1, -0.05) is 66.0 Å². The SMILES string of the molecule is CC[C@@H](C(=O)NC(C)(C)C)N(Cc1c(Cl)cccc1Cl)C(=O)CCc1ccc(C)cc1. The summed E-state index contributed by atoms with van der Waals surface area (Å²) in [5.74, 6) is -0.283. The molecule has 4 nitrogen and oxygen atoms in total. The first-order valence-electron chi connectivity index (χ1n) is 10.6. The molecule has 0 spiro atoms. The number of carbonyl (C=O) groups is 2. The normalized spacial score (nSPS) is 12.4. The number of nitrogens with zero attached hydrogens (tertiary/aromatic N) is 1. The van der Waals surface area contributed by atoms with Crippen molar-refractivity contribution >= 4 is 35.0 Å². The zero-order valence-electron chi connectivity index (χ0n) is 19.0. The molecule has 2 rings (SSSR count). The molecule has 1 N–H and O–H groups in total. The van der Waals surface area contributed by atoms with Crippen molar-refractivity contribution in [3.05, 3.63) is 69.2 Å². The molecule has 2 aromatic carbocycles. The van der Waals surface area contributed by atoms with Crippen LogP contribution in [-0.4, -0.2) is 28.3 Å². The fourth-order valence-electron chi connectivity index (χ4n) is 3.38. The number of nitrogens with one attached hydrogen (secondary N) is 1. The Morgan fingerprint density at radius 1 is 1.03 bits per heavy atom. The standard InChI is InChI=1S/C25H32Cl2N2O2/c1-6-22(24(31)28-25(3,4)5)29(16-19-20(26)8-7-9-21(19)27)23(30)15-14-18-12-10-17(2)11-13-18/h7-13,22H,6,14-16H2,1-5H3,(H,28,31)/t22-/m0/s1. The smallest absolute Gasteiger partial charge is 0.243 e. The highest BCUT2D eigenvalue weighted by Crippen LogP contribution is 2.27. The van der Waals surface area contributed by atoms with E-state index in [0.717, 1.165) is 5.56 Å². The fourth-order valence-corrected chi connectivity index (χ4v) is 3.89. The van der Waals surface area contributed by atoms with Gasteiger partial charge in [0.05, 0.1) is 0 Å². The van der Waals surface area contributed by atoms with Crippen LogP contribution in [-0.2, 0) is 22.6 Å². The molecule has 1 atom stereocenters. The first-order valence-corrected chi connectivity index (χ1v) is 11.4. The predicted molar refractivity (Wildman–Crippen MR) is 128 cm³/mol. The Bertz CT molecular complexity index is 884. The monoisotopic (exact) mass is 462 g/mol. The third-order valence-corrected chi connectivity index (χ3v) is 5.73. The number of rotatable bonds is 8. The van der Waals surface area contributed by atoms with E-state index >= 15 is 0 Å². The van der Waals surface area contributed by atoms with Gasteiger partial charge < -0.3 is 10.2 Å². The number of hydrogen-bond acceptors (Lipinski definition) is 2. The fraction of sp³-hybridized carbons (Fsp3) is 0.440. The molecule has 0 unspecified atom stereocenters. The van der Waals surface area contributed by atoms with Crippen LogP contribution >= 0.6 is 23.2 Å². The van der Waals surface area contributed by atoms with Gasteiger partial charge >= 0.3 is 0 Å². The van der Waals surface area contributed by atoms with E-state index in [1.54, 1.807) is 23.1 Å². The Morgan fingerprint density at radius 3 is 2.13 bits per heavy atom. The van der Waals surface area contributed by atoms with E-state index in [2.05, 4.69) is 5.32 Å². The summed E-state index contributed by atoms with van der Waals surface area (Å²) in [4.78, 5) is 28.0. The van der Waals surface area contributed by atoms with Crippen molar-refractivity contribution in [1.82, 2.24) is 10.2 Å². The molecule has 2 amide bonds. The first-order chi connectivity index (χ1) is 14.5. The van der Waals surface area contributed by atoms with Gasteiger partial charge in [-0.05, 0) is 58.2 Å². The number of benzene rings is 2. The Kier molecular flexibility index (Phi) is 8.96. The van der Waals surface area contributed by atoms with E-state index in [1.165, 1.54) is 5.56 Å². The number of hydrogen-bond donors (Lipinski definition) is 1. The van der Waals surface area contributed by atoms with Gasteiger partial charge in [0.1, 0.15) is 6.04 Å². The molecule has 0 heterocycles. The minimum atomic E-state index is -0.614. The van der Waals surface area contributed by atoms with E-state index in [-0.39, 0.29) is 18.4 Å². The third-order valence-electron chi connectivity index (χ3n) is 5.02. The summed E-state index contributed by atoms with van der Waals surface area (Å²) in [5, 5.41) is 3.96. The van der Waals surface area contributed by atoms with Crippen LogP contribution in [0.5, 0.6) is 0 Å². The van der Waals surface area contributed by atoms with Gasteiger partial charge in [0.15, 0.2) is 0 Å². The van der Waals surface area contributed by atoms with Gasteiger partial charge in [-0.2, -0.15) is 0 Å². The van der Waals surface area contributed by atoms with Crippen LogP contribution in [0.25, 0.3) is 0 Å². The van der Waals surface area contributed by atoms with E-state index in [0.29, 0.717) is 34.9 Å². The van der Waals surface area contributed by atoms with E-state index in [9.17, 15) is 9.59 Å². The Hall–Kier alpha value is -2.04. The minimum absolute atomic E-state index is 0.104. The summed E-state index contributed by atoms with van der Waals surface area (Å²) in [6.07, 6.45) is 1.38. The Morgan fingerprint density at radius 2 is 1.61 bits per heavy atom. The second-order valence-corrected chi connectivity index (χ2v) is 9.69. The Labute approximate surface area is 195 Å². The molecular weight excluding hydrogens is 431 g/mol. The van der Waals surface area contributed by atoms with Crippen molar-refractivity contribution < 1.29 is 9.59 Å². The maximum Gasteiger partial charge on any atom is 0.243 e. The largest absolute Gasteiger partial charge is 0.350 e. The van der Waals surface area contributed by atoms with Crippen LogP contribution in [0.15, 0.2) is 42.5 Å².